The highest BCUT2D eigenvalue weighted by Gasteiger charge is 2.60. The van der Waals surface area contributed by atoms with E-state index in [-0.39, 0.29) is 27.9 Å². The smallest absolute Gasteiger partial charge is 0.271 e. The summed E-state index contributed by atoms with van der Waals surface area (Å²) in [5.41, 5.74) is 5.56. The number of nitro groups is 2. The van der Waals surface area contributed by atoms with E-state index in [2.05, 4.69) is 53.0 Å². The Balaban J connectivity index is 1.50. The second-order valence-electron chi connectivity index (χ2n) is 15.1. The van der Waals surface area contributed by atoms with Crippen molar-refractivity contribution in [3.8, 4) is 0 Å². The number of anilines is 1. The summed E-state index contributed by atoms with van der Waals surface area (Å²) in [5.74, 6) is 4.17. The molecule has 0 bridgehead atoms. The van der Waals surface area contributed by atoms with Gasteiger partial charge in [0.2, 0.25) is 0 Å². The van der Waals surface area contributed by atoms with Gasteiger partial charge in [0.1, 0.15) is 5.69 Å². The van der Waals surface area contributed by atoms with Crippen LogP contribution >= 0.6 is 0 Å². The molecule has 0 saturated heterocycles. The minimum Gasteiger partial charge on any atom is -0.271 e. The molecule has 4 aliphatic rings. The summed E-state index contributed by atoms with van der Waals surface area (Å²) in [6.07, 6.45) is 14.7. The topological polar surface area (TPSA) is 111 Å². The fourth-order valence-electron chi connectivity index (χ4n) is 9.74. The normalized spacial score (nSPS) is 35.6. The van der Waals surface area contributed by atoms with Crippen LogP contribution in [0, 0.1) is 72.5 Å². The van der Waals surface area contributed by atoms with Crippen molar-refractivity contribution < 1.29 is 9.85 Å². The number of nitrogens with one attached hydrogen (secondary N) is 1. The molecule has 42 heavy (non-hydrogen) atoms. The van der Waals surface area contributed by atoms with Crippen LogP contribution in [0.3, 0.4) is 0 Å². The molecule has 8 nitrogen and oxygen atoms in total. The highest BCUT2D eigenvalue weighted by atomic mass is 16.6. The molecule has 1 aromatic rings. The minimum atomic E-state index is -0.604. The Bertz CT molecular complexity index is 1270. The largest absolute Gasteiger partial charge is 0.301 e. The third-order valence-electron chi connectivity index (χ3n) is 12.1. The number of nitro benzene ring substituents is 2. The molecule has 5 rings (SSSR count). The van der Waals surface area contributed by atoms with Crippen molar-refractivity contribution >= 4 is 22.8 Å². The van der Waals surface area contributed by atoms with Crippen LogP contribution in [-0.4, -0.2) is 15.6 Å². The molecule has 0 aromatic heterocycles. The van der Waals surface area contributed by atoms with E-state index in [1.54, 1.807) is 0 Å². The van der Waals surface area contributed by atoms with Gasteiger partial charge in [-0.3, -0.25) is 25.7 Å². The van der Waals surface area contributed by atoms with Crippen molar-refractivity contribution in [2.75, 3.05) is 5.43 Å². The highest BCUT2D eigenvalue weighted by molar-refractivity contribution is 6.00. The van der Waals surface area contributed by atoms with E-state index < -0.39 is 9.85 Å². The lowest BCUT2D eigenvalue weighted by atomic mass is 9.46. The van der Waals surface area contributed by atoms with Crippen LogP contribution in [0.15, 0.2) is 34.9 Å². The molecular formula is C34H50N4O4. The van der Waals surface area contributed by atoms with Gasteiger partial charge >= 0.3 is 5.69 Å². The summed E-state index contributed by atoms with van der Waals surface area (Å²) in [6, 6.07) is 3.73. The molecule has 4 aliphatic carbocycles. The number of hydrogen-bond donors (Lipinski definition) is 1. The van der Waals surface area contributed by atoms with E-state index >= 15 is 0 Å². The van der Waals surface area contributed by atoms with Crippen molar-refractivity contribution in [3.63, 3.8) is 0 Å². The van der Waals surface area contributed by atoms with Crippen LogP contribution in [0.4, 0.5) is 17.1 Å². The molecule has 0 amide bonds. The van der Waals surface area contributed by atoms with E-state index in [1.165, 1.54) is 75.5 Å². The summed E-state index contributed by atoms with van der Waals surface area (Å²) < 4.78 is 0. The zero-order valence-corrected chi connectivity index (χ0v) is 26.4. The zero-order valence-electron chi connectivity index (χ0n) is 26.4. The quantitative estimate of drug-likeness (QED) is 0.232. The summed E-state index contributed by atoms with van der Waals surface area (Å²) in [5, 5.41) is 28.0. The fourth-order valence-corrected chi connectivity index (χ4v) is 9.74. The molecular weight excluding hydrogens is 528 g/mol. The predicted molar refractivity (Wildman–Crippen MR) is 168 cm³/mol. The van der Waals surface area contributed by atoms with Crippen LogP contribution in [0.25, 0.3) is 0 Å². The Labute approximate surface area is 251 Å². The first-order chi connectivity index (χ1) is 19.8. The Hall–Kier alpha value is -2.77. The van der Waals surface area contributed by atoms with Gasteiger partial charge < -0.3 is 0 Å². The number of non-ortho nitro benzene ring substituents is 1. The second kappa shape index (κ2) is 11.7. The number of hydrazone groups is 1. The Morgan fingerprint density at radius 1 is 1.00 bits per heavy atom. The maximum atomic E-state index is 11.8. The van der Waals surface area contributed by atoms with Crippen molar-refractivity contribution in [1.82, 2.24) is 0 Å². The molecule has 1 N–H and O–H groups in total. The van der Waals surface area contributed by atoms with Gasteiger partial charge in [-0.2, -0.15) is 5.10 Å². The van der Waals surface area contributed by atoms with Crippen LogP contribution in [0.2, 0.25) is 0 Å². The van der Waals surface area contributed by atoms with Crippen molar-refractivity contribution in [2.24, 2.45) is 57.4 Å². The average molecular weight is 579 g/mol. The van der Waals surface area contributed by atoms with Gasteiger partial charge in [-0.15, -0.1) is 0 Å². The maximum absolute atomic E-state index is 11.8. The lowest BCUT2D eigenvalue weighted by molar-refractivity contribution is -0.393. The standard InChI is InChI=1S/C34H50N4O4/c1-21(2)8-7-9-23(4)26-11-12-27-32-28(15-17-34(26,27)6)33(5)16-14-22(3)18-24(33)19-30(32)36-35-29-13-10-25(37(39)40)20-31(29)38(41)42/h10,13,19-23,26-28,32,35H,7-9,11-12,14-18H2,1-6H3/b36-30+/t22-,23+,26+,27?,28?,32?,33-,34+/m0/s1. The van der Waals surface area contributed by atoms with Crippen LogP contribution in [-0.2, 0) is 0 Å². The molecule has 0 heterocycles. The maximum Gasteiger partial charge on any atom is 0.301 e. The van der Waals surface area contributed by atoms with Gasteiger partial charge in [0.25, 0.3) is 5.69 Å². The number of benzene rings is 1. The molecule has 3 fully saturated rings. The molecule has 8 atom stereocenters. The third-order valence-corrected chi connectivity index (χ3v) is 12.1. The lowest BCUT2D eigenvalue weighted by Gasteiger charge is -2.58. The number of allylic oxidation sites excluding steroid dienone is 2. The van der Waals surface area contributed by atoms with Gasteiger partial charge in [-0.1, -0.05) is 66.4 Å². The molecule has 0 aliphatic heterocycles. The second-order valence-corrected chi connectivity index (χ2v) is 15.1. The number of hydrogen-bond acceptors (Lipinski definition) is 6. The summed E-state index contributed by atoms with van der Waals surface area (Å²) in [7, 11) is 0. The summed E-state index contributed by atoms with van der Waals surface area (Å²) >= 11 is 0. The van der Waals surface area contributed by atoms with Gasteiger partial charge in [-0.05, 0) is 103 Å². The Kier molecular flexibility index (Phi) is 8.56. The van der Waals surface area contributed by atoms with Gasteiger partial charge in [0, 0.05) is 12.0 Å². The summed E-state index contributed by atoms with van der Waals surface area (Å²) in [6.45, 7) is 14.5. The third kappa shape index (κ3) is 5.50. The monoisotopic (exact) mass is 578 g/mol. The fraction of sp³-hybridized carbons (Fsp3) is 0.735. The SMILES string of the molecule is CC(C)CCC[C@@H](C)[C@H]1CCC2C3/C(=N/Nc4ccc([N+](=O)[O-])cc4[N+](=O)[O-])C=C4C[C@@H](C)CC[C@]4(C)C3CC[C@@]21C. The minimum absolute atomic E-state index is 0.178. The Morgan fingerprint density at radius 3 is 2.45 bits per heavy atom. The van der Waals surface area contributed by atoms with Crippen LogP contribution in [0.1, 0.15) is 106 Å². The lowest BCUT2D eigenvalue weighted by Crippen LogP contribution is -2.53. The number of rotatable bonds is 9. The first-order valence-electron chi connectivity index (χ1n) is 16.3. The van der Waals surface area contributed by atoms with Crippen LogP contribution < -0.4 is 5.43 Å². The molecule has 230 valence electrons. The van der Waals surface area contributed by atoms with Gasteiger partial charge in [-0.25, -0.2) is 0 Å². The molecule has 3 saturated carbocycles. The molecule has 8 heteroatoms. The number of nitrogens with zero attached hydrogens (tertiary/aromatic N) is 3. The van der Waals surface area contributed by atoms with Crippen LogP contribution in [0.5, 0.6) is 0 Å². The highest BCUT2D eigenvalue weighted by Crippen LogP contribution is 2.67. The van der Waals surface area contributed by atoms with E-state index in [0.717, 1.165) is 24.1 Å². The van der Waals surface area contributed by atoms with Crippen molar-refractivity contribution in [2.45, 2.75) is 106 Å². The van der Waals surface area contributed by atoms with E-state index in [0.29, 0.717) is 35.5 Å². The molecule has 1 aromatic carbocycles. The Morgan fingerprint density at radius 2 is 1.76 bits per heavy atom. The van der Waals surface area contributed by atoms with Crippen molar-refractivity contribution in [3.05, 3.63) is 50.1 Å². The average Bonchev–Trinajstić information content (AvgIpc) is 3.29. The molecule has 0 spiro atoms. The first-order valence-corrected chi connectivity index (χ1v) is 16.3. The van der Waals surface area contributed by atoms with E-state index in [9.17, 15) is 20.2 Å². The summed E-state index contributed by atoms with van der Waals surface area (Å²) in [4.78, 5) is 21.9. The molecule has 0 radical (unpaired) electrons. The van der Waals surface area contributed by atoms with Gasteiger partial charge in [0.05, 0.1) is 21.6 Å². The number of fused-ring (bicyclic) bond motifs is 5. The molecule has 3 unspecified atom stereocenters. The first kappa shape index (κ1) is 30.7. The van der Waals surface area contributed by atoms with E-state index in [4.69, 9.17) is 5.10 Å². The van der Waals surface area contributed by atoms with Gasteiger partial charge in [0.15, 0.2) is 0 Å². The van der Waals surface area contributed by atoms with E-state index in [1.807, 2.05) is 0 Å². The zero-order chi connectivity index (χ0) is 30.4. The predicted octanol–water partition coefficient (Wildman–Crippen LogP) is 9.56. The van der Waals surface area contributed by atoms with Crippen molar-refractivity contribution in [1.29, 1.82) is 0 Å².